The molecule has 1 heterocycles. The molecule has 94 valence electrons. The largest absolute Gasteiger partial charge is 0.487 e. The van der Waals surface area contributed by atoms with Gasteiger partial charge in [-0.2, -0.15) is 0 Å². The molecule has 2 N–H and O–H groups in total. The van der Waals surface area contributed by atoms with E-state index in [4.69, 9.17) is 10.5 Å². The van der Waals surface area contributed by atoms with E-state index in [0.717, 1.165) is 11.5 Å². The van der Waals surface area contributed by atoms with E-state index in [1.807, 2.05) is 0 Å². The van der Waals surface area contributed by atoms with Crippen LogP contribution in [0.1, 0.15) is 11.3 Å². The molecule has 8 heteroatoms. The summed E-state index contributed by atoms with van der Waals surface area (Å²) in [4.78, 5) is 10.2. The number of nitrogens with two attached hydrogens (primary N) is 1. The lowest BCUT2D eigenvalue weighted by Crippen LogP contribution is -2.00. The molecule has 0 saturated heterocycles. The fraction of sp³-hybridized carbons (Fsp3) is 0.200. The first kappa shape index (κ1) is 12.2. The summed E-state index contributed by atoms with van der Waals surface area (Å²) in [7, 11) is 0. The van der Waals surface area contributed by atoms with Crippen molar-refractivity contribution < 1.29 is 9.66 Å². The first-order valence-electron chi connectivity index (χ1n) is 5.02. The Balaban J connectivity index is 2.09. The second kappa shape index (κ2) is 4.96. The number of aromatic nitrogens is 2. The number of hydrogen-bond acceptors (Lipinski definition) is 7. The molecule has 7 nitrogen and oxygen atoms in total. The number of nitrogens with zero attached hydrogens (tertiary/aromatic N) is 3. The molecule has 0 radical (unpaired) electrons. The first-order chi connectivity index (χ1) is 8.58. The average molecular weight is 266 g/mol. The fourth-order valence-electron chi connectivity index (χ4n) is 1.39. The van der Waals surface area contributed by atoms with Gasteiger partial charge in [-0.15, -0.1) is 5.10 Å². The van der Waals surface area contributed by atoms with Gasteiger partial charge in [0.15, 0.2) is 0 Å². The van der Waals surface area contributed by atoms with Crippen molar-refractivity contribution >= 4 is 22.2 Å². The van der Waals surface area contributed by atoms with Gasteiger partial charge in [-0.3, -0.25) is 10.1 Å². The normalized spacial score (nSPS) is 10.3. The highest BCUT2D eigenvalue weighted by Crippen LogP contribution is 2.24. The molecule has 2 rings (SSSR count). The van der Waals surface area contributed by atoms with Gasteiger partial charge in [-0.05, 0) is 19.1 Å². The maximum Gasteiger partial charge on any atom is 0.272 e. The number of rotatable bonds is 4. The van der Waals surface area contributed by atoms with E-state index in [0.29, 0.717) is 22.0 Å². The van der Waals surface area contributed by atoms with Crippen molar-refractivity contribution in [2.45, 2.75) is 13.5 Å². The molecule has 0 spiro atoms. The fourth-order valence-corrected chi connectivity index (χ4v) is 1.82. The van der Waals surface area contributed by atoms with Crippen molar-refractivity contribution in [3.05, 3.63) is 39.6 Å². The van der Waals surface area contributed by atoms with Crippen LogP contribution in [0, 0.1) is 17.0 Å². The van der Waals surface area contributed by atoms with Crippen LogP contribution in [0.4, 0.5) is 10.7 Å². The summed E-state index contributed by atoms with van der Waals surface area (Å²) in [6, 6.07) is 4.56. The number of nitro groups is 1. The van der Waals surface area contributed by atoms with Gasteiger partial charge in [0.2, 0.25) is 0 Å². The molecule has 18 heavy (non-hydrogen) atoms. The Morgan fingerprint density at radius 1 is 1.56 bits per heavy atom. The maximum absolute atomic E-state index is 10.7. The number of anilines is 1. The topological polar surface area (TPSA) is 104 Å². The quantitative estimate of drug-likeness (QED) is 0.669. The van der Waals surface area contributed by atoms with E-state index in [9.17, 15) is 10.1 Å². The molecule has 1 aromatic heterocycles. The number of ether oxygens (including phenoxy) is 1. The zero-order valence-corrected chi connectivity index (χ0v) is 10.3. The average Bonchev–Trinajstić information content (AvgIpc) is 2.72. The molecule has 0 fully saturated rings. The predicted octanol–water partition coefficient (Wildman–Crippen LogP) is 1.92. The van der Waals surface area contributed by atoms with Gasteiger partial charge in [-0.25, -0.2) is 0 Å². The van der Waals surface area contributed by atoms with Gasteiger partial charge in [0.25, 0.3) is 5.69 Å². The minimum atomic E-state index is -0.429. The first-order valence-corrected chi connectivity index (χ1v) is 5.80. The number of benzene rings is 1. The lowest BCUT2D eigenvalue weighted by Gasteiger charge is -2.05. The summed E-state index contributed by atoms with van der Waals surface area (Å²) in [5.41, 5.74) is 6.80. The Kier molecular flexibility index (Phi) is 3.38. The molecule has 0 bridgehead atoms. The number of nitrogen functional groups attached to an aromatic ring is 1. The second-order valence-corrected chi connectivity index (χ2v) is 4.36. The molecule has 0 atom stereocenters. The lowest BCUT2D eigenvalue weighted by molar-refractivity contribution is -0.385. The van der Waals surface area contributed by atoms with E-state index in [-0.39, 0.29) is 12.3 Å². The van der Waals surface area contributed by atoms with E-state index in [1.54, 1.807) is 19.1 Å². The summed E-state index contributed by atoms with van der Waals surface area (Å²) in [5.74, 6) is 0.533. The summed E-state index contributed by atoms with van der Waals surface area (Å²) >= 11 is 1.10. The van der Waals surface area contributed by atoms with Gasteiger partial charge in [0, 0.05) is 23.2 Å². The monoisotopic (exact) mass is 266 g/mol. The molecule has 0 saturated carbocycles. The van der Waals surface area contributed by atoms with Crippen LogP contribution < -0.4 is 10.5 Å². The highest BCUT2D eigenvalue weighted by atomic mass is 32.1. The van der Waals surface area contributed by atoms with Crippen molar-refractivity contribution in [3.8, 4) is 5.75 Å². The van der Waals surface area contributed by atoms with Crippen LogP contribution in [0.15, 0.2) is 18.2 Å². The van der Waals surface area contributed by atoms with Gasteiger partial charge in [0.1, 0.15) is 23.1 Å². The summed E-state index contributed by atoms with van der Waals surface area (Å²) in [5, 5.41) is 15.0. The lowest BCUT2D eigenvalue weighted by atomic mass is 10.2. The van der Waals surface area contributed by atoms with Crippen molar-refractivity contribution in [1.29, 1.82) is 0 Å². The van der Waals surface area contributed by atoms with Crippen LogP contribution in [0.2, 0.25) is 0 Å². The zero-order valence-electron chi connectivity index (χ0n) is 9.49. The standard InChI is InChI=1S/C10H10N4O3S/c1-6-4-7(2-3-9(6)14(15)16)17-5-8-10(11)18-13-12-8/h2-4H,5,11H2,1H3. The third-order valence-corrected chi connectivity index (χ3v) is 2.92. The van der Waals surface area contributed by atoms with Crippen molar-refractivity contribution in [2.24, 2.45) is 0 Å². The third-order valence-electron chi connectivity index (χ3n) is 2.33. The van der Waals surface area contributed by atoms with Gasteiger partial charge in [0.05, 0.1) is 4.92 Å². The van der Waals surface area contributed by atoms with Crippen LogP contribution in [-0.4, -0.2) is 14.5 Å². The minimum absolute atomic E-state index is 0.0668. The van der Waals surface area contributed by atoms with Crippen LogP contribution in [0.25, 0.3) is 0 Å². The minimum Gasteiger partial charge on any atom is -0.487 e. The molecule has 0 aliphatic rings. The summed E-state index contributed by atoms with van der Waals surface area (Å²) in [6.07, 6.45) is 0. The molecule has 0 unspecified atom stereocenters. The van der Waals surface area contributed by atoms with Gasteiger partial charge >= 0.3 is 0 Å². The Hall–Kier alpha value is -2.22. The van der Waals surface area contributed by atoms with E-state index in [2.05, 4.69) is 9.59 Å². The number of nitro benzene ring substituents is 1. The third kappa shape index (κ3) is 2.54. The second-order valence-electron chi connectivity index (χ2n) is 3.58. The Morgan fingerprint density at radius 3 is 2.89 bits per heavy atom. The maximum atomic E-state index is 10.7. The summed E-state index contributed by atoms with van der Waals surface area (Å²) < 4.78 is 9.13. The van der Waals surface area contributed by atoms with E-state index in [1.165, 1.54) is 6.07 Å². The SMILES string of the molecule is Cc1cc(OCc2nnsc2N)ccc1[N+](=O)[O-]. The summed E-state index contributed by atoms with van der Waals surface area (Å²) in [6.45, 7) is 1.85. The zero-order chi connectivity index (χ0) is 13.1. The van der Waals surface area contributed by atoms with Gasteiger partial charge < -0.3 is 10.5 Å². The van der Waals surface area contributed by atoms with Crippen molar-refractivity contribution in [1.82, 2.24) is 9.59 Å². The van der Waals surface area contributed by atoms with Crippen molar-refractivity contribution in [2.75, 3.05) is 5.73 Å². The van der Waals surface area contributed by atoms with Crippen molar-refractivity contribution in [3.63, 3.8) is 0 Å². The Bertz CT molecular complexity index is 584. The highest BCUT2D eigenvalue weighted by Gasteiger charge is 2.11. The predicted molar refractivity (Wildman–Crippen MR) is 66.5 cm³/mol. The number of aryl methyl sites for hydroxylation is 1. The van der Waals surface area contributed by atoms with Crippen LogP contribution in [0.3, 0.4) is 0 Å². The smallest absolute Gasteiger partial charge is 0.272 e. The van der Waals surface area contributed by atoms with Crippen LogP contribution in [-0.2, 0) is 6.61 Å². The van der Waals surface area contributed by atoms with Crippen LogP contribution >= 0.6 is 11.5 Å². The molecule has 0 aliphatic carbocycles. The molecule has 0 aliphatic heterocycles. The van der Waals surface area contributed by atoms with Gasteiger partial charge in [-0.1, -0.05) is 4.49 Å². The molecule has 2 aromatic rings. The molecule has 1 aromatic carbocycles. The molecular formula is C10H10N4O3S. The highest BCUT2D eigenvalue weighted by molar-refractivity contribution is 7.09. The molecule has 0 amide bonds. The van der Waals surface area contributed by atoms with E-state index < -0.39 is 4.92 Å². The molecular weight excluding hydrogens is 256 g/mol. The van der Waals surface area contributed by atoms with E-state index >= 15 is 0 Å². The number of hydrogen-bond donors (Lipinski definition) is 1. The van der Waals surface area contributed by atoms with Crippen LogP contribution in [0.5, 0.6) is 5.75 Å². The Labute approximate surface area is 107 Å². The Morgan fingerprint density at radius 2 is 2.33 bits per heavy atom.